The summed E-state index contributed by atoms with van der Waals surface area (Å²) in [6, 6.07) is 15.2. The molecule has 2 aromatic carbocycles. The topological polar surface area (TPSA) is 164 Å². The van der Waals surface area contributed by atoms with Crippen molar-refractivity contribution in [3.63, 3.8) is 0 Å². The number of imidazole rings is 2. The zero-order valence-electron chi connectivity index (χ0n) is 31.8. The molecule has 2 bridgehead atoms. The molecule has 3 aliphatic rings. The molecule has 2 saturated heterocycles. The van der Waals surface area contributed by atoms with Gasteiger partial charge >= 0.3 is 12.2 Å². The molecule has 5 heterocycles. The number of benzene rings is 2. The number of aromatic nitrogens is 4. The third-order valence-corrected chi connectivity index (χ3v) is 10.0. The Kier molecular flexibility index (Phi) is 11.3. The highest BCUT2D eigenvalue weighted by Gasteiger charge is 2.38. The average Bonchev–Trinajstić information content (AvgIpc) is 4.00. The van der Waals surface area contributed by atoms with Crippen LogP contribution in [0.4, 0.5) is 9.59 Å². The van der Waals surface area contributed by atoms with Gasteiger partial charge < -0.3 is 39.1 Å². The molecule has 0 radical (unpaired) electrons. The van der Waals surface area contributed by atoms with Crippen LogP contribution in [0.25, 0.3) is 33.6 Å². The average molecular weight is 752 g/mol. The molecule has 2 aromatic heterocycles. The van der Waals surface area contributed by atoms with Crippen LogP contribution in [0, 0.1) is 0 Å². The number of fused-ring (bicyclic) bond motifs is 4. The molecule has 290 valence electrons. The maximum absolute atomic E-state index is 13.8. The van der Waals surface area contributed by atoms with Crippen molar-refractivity contribution in [1.29, 1.82) is 0 Å². The Morgan fingerprint density at radius 2 is 1.51 bits per heavy atom. The second-order valence-electron chi connectivity index (χ2n) is 15.0. The molecule has 0 spiro atoms. The molecule has 3 atom stereocenters. The van der Waals surface area contributed by atoms with Crippen molar-refractivity contribution >= 4 is 18.1 Å². The van der Waals surface area contributed by atoms with E-state index in [1.165, 1.54) is 7.11 Å². The summed E-state index contributed by atoms with van der Waals surface area (Å²) in [6.07, 6.45) is 7.76. The van der Waals surface area contributed by atoms with E-state index in [1.54, 1.807) is 9.80 Å². The summed E-state index contributed by atoms with van der Waals surface area (Å²) in [5.74, 6) is 1.19. The summed E-state index contributed by atoms with van der Waals surface area (Å²) in [5, 5.41) is 2.64. The molecule has 4 aromatic rings. The zero-order chi connectivity index (χ0) is 38.5. The number of nitrogens with zero attached hydrogens (tertiary/aromatic N) is 4. The van der Waals surface area contributed by atoms with Crippen molar-refractivity contribution in [2.45, 2.75) is 76.8 Å². The fourth-order valence-electron chi connectivity index (χ4n) is 7.35. The van der Waals surface area contributed by atoms with Gasteiger partial charge in [0, 0.05) is 18.7 Å². The third kappa shape index (κ3) is 8.76. The number of ether oxygens (including phenoxy) is 4. The van der Waals surface area contributed by atoms with E-state index in [-0.39, 0.29) is 37.3 Å². The van der Waals surface area contributed by atoms with Gasteiger partial charge in [0.1, 0.15) is 23.3 Å². The van der Waals surface area contributed by atoms with Crippen LogP contribution < -0.4 is 5.32 Å². The van der Waals surface area contributed by atoms with Crippen LogP contribution in [0.2, 0.25) is 0 Å². The molecule has 3 aliphatic heterocycles. The molecule has 0 saturated carbocycles. The van der Waals surface area contributed by atoms with Gasteiger partial charge in [0.05, 0.1) is 68.9 Å². The summed E-state index contributed by atoms with van der Waals surface area (Å²) in [7, 11) is 1.27. The van der Waals surface area contributed by atoms with Crippen LogP contribution in [0.1, 0.15) is 75.9 Å². The van der Waals surface area contributed by atoms with E-state index in [9.17, 15) is 14.4 Å². The summed E-state index contributed by atoms with van der Waals surface area (Å²) in [6.45, 7) is 7.76. The van der Waals surface area contributed by atoms with Crippen molar-refractivity contribution in [1.82, 2.24) is 35.1 Å². The van der Waals surface area contributed by atoms with Crippen LogP contribution in [0.3, 0.4) is 0 Å². The van der Waals surface area contributed by atoms with Gasteiger partial charge in [-0.1, -0.05) is 60.7 Å². The number of aromatic amines is 2. The van der Waals surface area contributed by atoms with E-state index in [0.29, 0.717) is 32.1 Å². The minimum atomic E-state index is -0.899. The number of H-pyrrole nitrogens is 2. The minimum Gasteiger partial charge on any atom is -0.453 e. The zero-order valence-corrected chi connectivity index (χ0v) is 31.8. The molecular weight excluding hydrogens is 702 g/mol. The van der Waals surface area contributed by atoms with Gasteiger partial charge in [-0.2, -0.15) is 0 Å². The van der Waals surface area contributed by atoms with Gasteiger partial charge in [-0.3, -0.25) is 9.69 Å². The van der Waals surface area contributed by atoms with E-state index in [4.69, 9.17) is 23.9 Å². The first kappa shape index (κ1) is 37.8. The Bertz CT molecular complexity index is 2000. The predicted octanol–water partition coefficient (Wildman–Crippen LogP) is 6.70. The van der Waals surface area contributed by atoms with E-state index in [1.807, 2.05) is 39.1 Å². The van der Waals surface area contributed by atoms with Crippen LogP contribution in [0.15, 0.2) is 66.9 Å². The van der Waals surface area contributed by atoms with Gasteiger partial charge in [0.2, 0.25) is 5.91 Å². The Labute approximate surface area is 320 Å². The lowest BCUT2D eigenvalue weighted by molar-refractivity contribution is -0.135. The first-order valence-corrected chi connectivity index (χ1v) is 18.9. The van der Waals surface area contributed by atoms with Crippen LogP contribution in [0.5, 0.6) is 0 Å². The number of hydrogen-bond donors (Lipinski definition) is 3. The lowest BCUT2D eigenvalue weighted by Crippen LogP contribution is -2.50. The van der Waals surface area contributed by atoms with Gasteiger partial charge in [-0.05, 0) is 63.1 Å². The van der Waals surface area contributed by atoms with E-state index in [2.05, 4.69) is 68.8 Å². The summed E-state index contributed by atoms with van der Waals surface area (Å²) >= 11 is 0. The molecule has 2 fully saturated rings. The highest BCUT2D eigenvalue weighted by molar-refractivity contribution is 5.86. The molecule has 14 heteroatoms. The van der Waals surface area contributed by atoms with Crippen LogP contribution in [-0.4, -0.2) is 99.5 Å². The number of hydrogen-bond acceptors (Lipinski definition) is 9. The summed E-state index contributed by atoms with van der Waals surface area (Å²) < 4.78 is 22.1. The highest BCUT2D eigenvalue weighted by atomic mass is 16.6. The van der Waals surface area contributed by atoms with Crippen molar-refractivity contribution in [2.75, 3.05) is 40.0 Å². The number of alkyl carbamates (subject to hydrolysis) is 1. The smallest absolute Gasteiger partial charge is 0.410 e. The Balaban J connectivity index is 1.08. The molecule has 55 heavy (non-hydrogen) atoms. The second-order valence-corrected chi connectivity index (χ2v) is 15.0. The SMILES string of the molecule is COC(=O)N[C@H]1COC/C=C\COCc2[nH]c(nc2-c2ccc(-c3ccc(-c4cnc([C@@H]5CCCN5C(=O)OC(C)(C)C)[nH]4)cc3)cc2)[C@@H]2CCCN2C1=O. The number of amides is 3. The number of methoxy groups -OCH3 is 1. The third-order valence-electron chi connectivity index (χ3n) is 10.0. The van der Waals surface area contributed by atoms with E-state index >= 15 is 0 Å². The van der Waals surface area contributed by atoms with Crippen LogP contribution in [-0.2, 0) is 30.3 Å². The Morgan fingerprint density at radius 1 is 0.855 bits per heavy atom. The minimum absolute atomic E-state index is 0.00678. The molecule has 0 unspecified atom stereocenters. The highest BCUT2D eigenvalue weighted by Crippen LogP contribution is 2.36. The van der Waals surface area contributed by atoms with E-state index in [0.717, 1.165) is 70.8 Å². The number of carbonyl (C=O) groups excluding carboxylic acids is 3. The Morgan fingerprint density at radius 3 is 2.22 bits per heavy atom. The lowest BCUT2D eigenvalue weighted by Gasteiger charge is -2.28. The van der Waals surface area contributed by atoms with Crippen molar-refractivity contribution < 1.29 is 33.3 Å². The van der Waals surface area contributed by atoms with Gasteiger partial charge in [-0.15, -0.1) is 0 Å². The quantitative estimate of drug-likeness (QED) is 0.188. The molecule has 0 aliphatic carbocycles. The first-order chi connectivity index (χ1) is 26.6. The van der Waals surface area contributed by atoms with Crippen molar-refractivity contribution in [3.05, 3.63) is 84.2 Å². The number of nitrogens with one attached hydrogen (secondary N) is 3. The maximum atomic E-state index is 13.8. The summed E-state index contributed by atoms with van der Waals surface area (Å²) in [4.78, 5) is 58.9. The Hall–Kier alpha value is -5.47. The van der Waals surface area contributed by atoms with Gasteiger partial charge in [-0.25, -0.2) is 19.6 Å². The molecular formula is C41H49N7O7. The fraction of sp³-hybridized carbons (Fsp3) is 0.439. The molecule has 3 amide bonds. The predicted molar refractivity (Wildman–Crippen MR) is 205 cm³/mol. The maximum Gasteiger partial charge on any atom is 0.410 e. The summed E-state index contributed by atoms with van der Waals surface area (Å²) in [5.41, 5.74) is 5.93. The largest absolute Gasteiger partial charge is 0.453 e. The number of carbonyl (C=O) groups is 3. The van der Waals surface area contributed by atoms with Gasteiger partial charge in [0.15, 0.2) is 0 Å². The molecule has 3 N–H and O–H groups in total. The van der Waals surface area contributed by atoms with Crippen LogP contribution >= 0.6 is 0 Å². The lowest BCUT2D eigenvalue weighted by atomic mass is 10.0. The number of likely N-dealkylation sites (tertiary alicyclic amines) is 1. The van der Waals surface area contributed by atoms with Crippen molar-refractivity contribution in [3.8, 4) is 33.6 Å². The monoisotopic (exact) mass is 751 g/mol. The fourth-order valence-corrected chi connectivity index (χ4v) is 7.35. The second kappa shape index (κ2) is 16.5. The van der Waals surface area contributed by atoms with E-state index < -0.39 is 17.7 Å². The first-order valence-electron chi connectivity index (χ1n) is 18.9. The van der Waals surface area contributed by atoms with Gasteiger partial charge in [0.25, 0.3) is 0 Å². The molecule has 7 rings (SSSR count). The molecule has 14 nitrogen and oxygen atoms in total. The number of rotatable bonds is 5. The van der Waals surface area contributed by atoms with Crippen molar-refractivity contribution in [2.24, 2.45) is 0 Å². The normalized spacial score (nSPS) is 21.4. The standard InChI is InChI=1S/C41H49N7O7/c1-41(2,3)55-40(51)48-20-8-9-33(48)36-42-23-30(43-36)28-15-11-26(12-16-28)27-13-17-29(18-14-27)35-31-24-53-21-5-6-22-54-25-32(45-39(50)52-4)38(49)47-19-7-10-34(47)37(44-31)46-35/h5-6,11-18,23,32-34H,7-10,19-22,24-25H2,1-4H3,(H,42,43)(H,44,46)(H,45,50)/b6-5-/t32-,33-,34-/m0/s1.